The number of halogens is 1. The molecule has 5 atom stereocenters. The number of ether oxygens (including phenoxy) is 5. The van der Waals surface area contributed by atoms with Crippen LogP contribution in [0.25, 0.3) is 0 Å². The minimum atomic E-state index is -0.675. The Kier molecular flexibility index (Phi) is 14.0. The van der Waals surface area contributed by atoms with Crippen LogP contribution in [0, 0.1) is 0 Å². The van der Waals surface area contributed by atoms with E-state index in [0.29, 0.717) is 37.9 Å². The lowest BCUT2D eigenvalue weighted by Gasteiger charge is -2.46. The standard InChI is InChI=1S/C49H49ClO6/c1-2-35-23-25-36(26-24-35)27-41-28-42(29-43(51)45(41)50)46-48(54-32-39-19-11-5-12-20-39)49(55-33-40-21-13-6-14-22-40)47(53-31-38-17-9-4-10-18-38)44(56-46)34-52-30-37-15-7-3-8-16-37/h3-26,28-29,44,46-49,51H,2,27,30-34H2,1H3/t44-,46+,47-,48+,49+/m1/s1. The van der Waals surface area contributed by atoms with E-state index in [1.165, 1.54) is 5.56 Å². The Bertz CT molecular complexity index is 2060. The number of phenolic OH excluding ortho intramolecular Hbond substituents is 1. The second-order valence-electron chi connectivity index (χ2n) is 14.2. The quantitative estimate of drug-likeness (QED) is 0.0997. The molecule has 1 heterocycles. The monoisotopic (exact) mass is 768 g/mol. The number of rotatable bonds is 17. The zero-order valence-corrected chi connectivity index (χ0v) is 32.5. The van der Waals surface area contributed by atoms with Gasteiger partial charge in [-0.2, -0.15) is 0 Å². The van der Waals surface area contributed by atoms with Crippen molar-refractivity contribution in [3.63, 3.8) is 0 Å². The molecule has 1 N–H and O–H groups in total. The second kappa shape index (κ2) is 19.9. The van der Waals surface area contributed by atoms with Gasteiger partial charge in [0.2, 0.25) is 0 Å². The van der Waals surface area contributed by atoms with E-state index < -0.39 is 30.5 Å². The highest BCUT2D eigenvalue weighted by Gasteiger charge is 2.49. The van der Waals surface area contributed by atoms with Crippen LogP contribution in [0.1, 0.15) is 57.5 Å². The number of hydrogen-bond acceptors (Lipinski definition) is 6. The van der Waals surface area contributed by atoms with Crippen LogP contribution >= 0.6 is 11.6 Å². The molecule has 0 saturated carbocycles. The van der Waals surface area contributed by atoms with Crippen molar-refractivity contribution < 1.29 is 28.8 Å². The molecule has 1 fully saturated rings. The Morgan fingerprint density at radius 1 is 0.536 bits per heavy atom. The fourth-order valence-corrected chi connectivity index (χ4v) is 7.33. The molecule has 0 radical (unpaired) electrons. The molecule has 7 rings (SSSR count). The van der Waals surface area contributed by atoms with Gasteiger partial charge >= 0.3 is 0 Å². The SMILES string of the molecule is CCc1ccc(Cc2cc([C@@H]3O[C@H](COCc4ccccc4)[C@@H](OCc4ccccc4)[C@H](OCc4ccccc4)[C@H]3OCc3ccccc3)cc(O)c2Cl)cc1. The van der Waals surface area contributed by atoms with E-state index in [9.17, 15) is 5.11 Å². The number of aromatic hydroxyl groups is 1. The van der Waals surface area contributed by atoms with Crippen LogP contribution in [0.5, 0.6) is 5.75 Å². The maximum absolute atomic E-state index is 11.4. The van der Waals surface area contributed by atoms with Crippen LogP contribution in [0.15, 0.2) is 158 Å². The normalized spacial score (nSPS) is 19.5. The second-order valence-corrected chi connectivity index (χ2v) is 14.6. The summed E-state index contributed by atoms with van der Waals surface area (Å²) in [6.07, 6.45) is -1.58. The summed E-state index contributed by atoms with van der Waals surface area (Å²) in [6.45, 7) is 3.76. The predicted molar refractivity (Wildman–Crippen MR) is 221 cm³/mol. The molecule has 6 aromatic carbocycles. The largest absolute Gasteiger partial charge is 0.506 e. The molecule has 288 valence electrons. The van der Waals surface area contributed by atoms with Crippen molar-refractivity contribution in [2.75, 3.05) is 6.61 Å². The summed E-state index contributed by atoms with van der Waals surface area (Å²) in [4.78, 5) is 0. The Balaban J connectivity index is 1.28. The molecule has 1 aliphatic heterocycles. The van der Waals surface area contributed by atoms with Gasteiger partial charge in [-0.15, -0.1) is 0 Å². The lowest BCUT2D eigenvalue weighted by molar-refractivity contribution is -0.275. The molecule has 1 aliphatic rings. The molecule has 0 unspecified atom stereocenters. The van der Waals surface area contributed by atoms with Gasteiger partial charge in [0.25, 0.3) is 0 Å². The first-order chi connectivity index (χ1) is 27.5. The van der Waals surface area contributed by atoms with Crippen molar-refractivity contribution in [1.82, 2.24) is 0 Å². The zero-order valence-electron chi connectivity index (χ0n) is 31.7. The molecule has 56 heavy (non-hydrogen) atoms. The van der Waals surface area contributed by atoms with Crippen LogP contribution in [0.3, 0.4) is 0 Å². The highest BCUT2D eigenvalue weighted by molar-refractivity contribution is 6.32. The molecular weight excluding hydrogens is 720 g/mol. The Labute approximate surface area is 335 Å². The van der Waals surface area contributed by atoms with Gasteiger partial charge in [0, 0.05) is 0 Å². The van der Waals surface area contributed by atoms with Crippen molar-refractivity contribution in [2.24, 2.45) is 0 Å². The van der Waals surface area contributed by atoms with Crippen molar-refractivity contribution >= 4 is 11.6 Å². The third-order valence-electron chi connectivity index (χ3n) is 10.2. The lowest BCUT2D eigenvalue weighted by Crippen LogP contribution is -2.58. The van der Waals surface area contributed by atoms with Gasteiger partial charge in [0.1, 0.15) is 36.3 Å². The van der Waals surface area contributed by atoms with Gasteiger partial charge < -0.3 is 28.8 Å². The van der Waals surface area contributed by atoms with Crippen LogP contribution < -0.4 is 0 Å². The van der Waals surface area contributed by atoms with Crippen molar-refractivity contribution in [2.45, 2.75) is 76.7 Å². The summed E-state index contributed by atoms with van der Waals surface area (Å²) in [7, 11) is 0. The molecule has 0 bridgehead atoms. The molecule has 0 amide bonds. The molecule has 6 nitrogen and oxygen atoms in total. The average molecular weight is 769 g/mol. The molecule has 6 aromatic rings. The van der Waals surface area contributed by atoms with Gasteiger partial charge in [-0.05, 0) is 63.4 Å². The highest BCUT2D eigenvalue weighted by Crippen LogP contribution is 2.42. The van der Waals surface area contributed by atoms with Crippen LogP contribution in [-0.2, 0) is 63.0 Å². The number of phenols is 1. The average Bonchev–Trinajstić information content (AvgIpc) is 3.25. The van der Waals surface area contributed by atoms with Gasteiger partial charge in [0.15, 0.2) is 0 Å². The maximum Gasteiger partial charge on any atom is 0.134 e. The maximum atomic E-state index is 11.4. The third kappa shape index (κ3) is 10.5. The van der Waals surface area contributed by atoms with Crippen molar-refractivity contribution in [3.05, 3.63) is 207 Å². The molecule has 0 aliphatic carbocycles. The van der Waals surface area contributed by atoms with Crippen LogP contribution in [0.2, 0.25) is 5.02 Å². The summed E-state index contributed by atoms with van der Waals surface area (Å²) in [5.74, 6) is -0.0177. The van der Waals surface area contributed by atoms with E-state index in [2.05, 4.69) is 31.2 Å². The first-order valence-corrected chi connectivity index (χ1v) is 19.7. The smallest absolute Gasteiger partial charge is 0.134 e. The third-order valence-corrected chi connectivity index (χ3v) is 10.6. The Morgan fingerprint density at radius 2 is 1.00 bits per heavy atom. The number of aryl methyl sites for hydroxylation is 1. The van der Waals surface area contributed by atoms with Crippen LogP contribution in [-0.4, -0.2) is 36.1 Å². The predicted octanol–water partition coefficient (Wildman–Crippen LogP) is 10.6. The fraction of sp³-hybridized carbons (Fsp3) is 0.265. The van der Waals surface area contributed by atoms with E-state index in [0.717, 1.165) is 45.4 Å². The van der Waals surface area contributed by atoms with Gasteiger partial charge in [-0.1, -0.05) is 170 Å². The van der Waals surface area contributed by atoms with Gasteiger partial charge in [-0.3, -0.25) is 0 Å². The van der Waals surface area contributed by atoms with E-state index in [4.69, 9.17) is 35.3 Å². The first-order valence-electron chi connectivity index (χ1n) is 19.4. The molecule has 7 heteroatoms. The van der Waals surface area contributed by atoms with Gasteiger partial charge in [-0.25, -0.2) is 0 Å². The van der Waals surface area contributed by atoms with E-state index >= 15 is 0 Å². The summed E-state index contributed by atoms with van der Waals surface area (Å²) < 4.78 is 34.2. The number of benzene rings is 6. The minimum absolute atomic E-state index is 0.0177. The highest BCUT2D eigenvalue weighted by atomic mass is 35.5. The Hall–Kier alpha value is -4.79. The van der Waals surface area contributed by atoms with E-state index in [1.807, 2.05) is 127 Å². The fourth-order valence-electron chi connectivity index (χ4n) is 7.16. The minimum Gasteiger partial charge on any atom is -0.506 e. The van der Waals surface area contributed by atoms with E-state index in [-0.39, 0.29) is 12.4 Å². The zero-order chi connectivity index (χ0) is 38.5. The van der Waals surface area contributed by atoms with Gasteiger partial charge in [0.05, 0.1) is 38.1 Å². The molecule has 1 saturated heterocycles. The lowest BCUT2D eigenvalue weighted by atomic mass is 9.89. The summed E-state index contributed by atoms with van der Waals surface area (Å²) in [5.41, 5.74) is 7.99. The summed E-state index contributed by atoms with van der Waals surface area (Å²) in [6, 6.07) is 52.6. The summed E-state index contributed by atoms with van der Waals surface area (Å²) in [5, 5.41) is 11.7. The molecular formula is C49H49ClO6. The van der Waals surface area contributed by atoms with Crippen molar-refractivity contribution in [3.8, 4) is 5.75 Å². The van der Waals surface area contributed by atoms with E-state index in [1.54, 1.807) is 6.07 Å². The molecule has 0 aromatic heterocycles. The van der Waals surface area contributed by atoms with Crippen LogP contribution in [0.4, 0.5) is 0 Å². The first kappa shape index (κ1) is 39.4. The number of hydrogen-bond donors (Lipinski definition) is 1. The summed E-state index contributed by atoms with van der Waals surface area (Å²) >= 11 is 6.83. The molecule has 0 spiro atoms. The Morgan fingerprint density at radius 3 is 1.52 bits per heavy atom. The van der Waals surface area contributed by atoms with Crippen molar-refractivity contribution in [1.29, 1.82) is 0 Å². The topological polar surface area (TPSA) is 66.4 Å².